The Hall–Kier alpha value is -1.55. The van der Waals surface area contributed by atoms with E-state index in [2.05, 4.69) is 10.2 Å². The molecule has 5 heteroatoms. The van der Waals surface area contributed by atoms with Crippen molar-refractivity contribution in [1.29, 1.82) is 0 Å². The zero-order chi connectivity index (χ0) is 12.3. The van der Waals surface area contributed by atoms with E-state index in [0.717, 1.165) is 23.7 Å². The van der Waals surface area contributed by atoms with Gasteiger partial charge in [0.25, 0.3) is 0 Å². The lowest BCUT2D eigenvalue weighted by Crippen LogP contribution is -2.04. The molecule has 0 aliphatic rings. The molecule has 0 amide bonds. The first kappa shape index (κ1) is 11.9. The second-order valence-electron chi connectivity index (χ2n) is 3.47. The highest BCUT2D eigenvalue weighted by atomic mass is 35.5. The molecule has 1 heterocycles. The Morgan fingerprint density at radius 2 is 2.00 bits per heavy atom. The maximum Gasteiger partial charge on any atom is 0.229 e. The average molecular weight is 252 g/mol. The van der Waals surface area contributed by atoms with Gasteiger partial charge >= 0.3 is 0 Å². The van der Waals surface area contributed by atoms with Crippen LogP contribution in [-0.2, 0) is 6.42 Å². The van der Waals surface area contributed by atoms with Gasteiger partial charge in [0.15, 0.2) is 0 Å². The highest BCUT2D eigenvalue weighted by Gasteiger charge is 2.14. The first-order chi connectivity index (χ1) is 8.27. The van der Waals surface area contributed by atoms with Crippen LogP contribution in [0.15, 0.2) is 24.3 Å². The fourth-order valence-electron chi connectivity index (χ4n) is 1.68. The molecule has 0 atom stereocenters. The van der Waals surface area contributed by atoms with E-state index in [9.17, 15) is 0 Å². The average Bonchev–Trinajstić information content (AvgIpc) is 2.72. The molecule has 0 saturated heterocycles. The number of benzene rings is 1. The quantitative estimate of drug-likeness (QED) is 0.839. The van der Waals surface area contributed by atoms with E-state index in [-0.39, 0.29) is 0 Å². The highest BCUT2D eigenvalue weighted by molar-refractivity contribution is 6.28. The summed E-state index contributed by atoms with van der Waals surface area (Å²) >= 11 is 6.06. The van der Waals surface area contributed by atoms with Crippen molar-refractivity contribution in [2.24, 2.45) is 0 Å². The van der Waals surface area contributed by atoms with Crippen LogP contribution in [0.2, 0.25) is 5.28 Å². The number of nitrogens with zero attached hydrogens (tertiary/aromatic N) is 3. The second kappa shape index (κ2) is 5.19. The van der Waals surface area contributed by atoms with Gasteiger partial charge in [0, 0.05) is 6.42 Å². The molecule has 0 spiro atoms. The minimum atomic E-state index is 0.356. The van der Waals surface area contributed by atoms with Crippen LogP contribution >= 0.6 is 11.6 Å². The van der Waals surface area contributed by atoms with Gasteiger partial charge < -0.3 is 4.74 Å². The van der Waals surface area contributed by atoms with Crippen molar-refractivity contribution in [3.63, 3.8) is 0 Å². The predicted octanol–water partition coefficient (Wildman–Crippen LogP) is 2.88. The SMILES string of the molecule is CCOc1ccccc1-n1c(Cl)nnc1CC. The molecule has 1 aromatic carbocycles. The van der Waals surface area contributed by atoms with Crippen LogP contribution in [0.4, 0.5) is 0 Å². The summed E-state index contributed by atoms with van der Waals surface area (Å²) in [6.45, 7) is 4.57. The Kier molecular flexibility index (Phi) is 3.64. The lowest BCUT2D eigenvalue weighted by atomic mass is 10.3. The van der Waals surface area contributed by atoms with Crippen molar-refractivity contribution in [2.45, 2.75) is 20.3 Å². The Balaban J connectivity index is 2.55. The van der Waals surface area contributed by atoms with E-state index in [4.69, 9.17) is 16.3 Å². The van der Waals surface area contributed by atoms with Gasteiger partial charge in [0.05, 0.1) is 12.3 Å². The maximum atomic E-state index is 6.06. The molecule has 2 rings (SSSR count). The predicted molar refractivity (Wildman–Crippen MR) is 66.9 cm³/mol. The largest absolute Gasteiger partial charge is 0.492 e. The van der Waals surface area contributed by atoms with Gasteiger partial charge in [-0.3, -0.25) is 4.57 Å². The minimum Gasteiger partial charge on any atom is -0.492 e. The summed E-state index contributed by atoms with van der Waals surface area (Å²) in [6.07, 6.45) is 0.764. The zero-order valence-corrected chi connectivity index (χ0v) is 10.6. The van der Waals surface area contributed by atoms with Gasteiger partial charge in [-0.1, -0.05) is 19.1 Å². The minimum absolute atomic E-state index is 0.356. The third kappa shape index (κ3) is 2.26. The van der Waals surface area contributed by atoms with Crippen molar-refractivity contribution in [3.05, 3.63) is 35.4 Å². The fraction of sp³-hybridized carbons (Fsp3) is 0.333. The number of aryl methyl sites for hydroxylation is 1. The van der Waals surface area contributed by atoms with E-state index in [1.807, 2.05) is 42.7 Å². The van der Waals surface area contributed by atoms with E-state index in [1.165, 1.54) is 0 Å². The first-order valence-electron chi connectivity index (χ1n) is 5.59. The standard InChI is InChI=1S/C12H14ClN3O/c1-3-11-14-15-12(13)16(11)9-7-5-6-8-10(9)17-4-2/h5-8H,3-4H2,1-2H3. The molecule has 2 aromatic rings. The molecule has 17 heavy (non-hydrogen) atoms. The highest BCUT2D eigenvalue weighted by Crippen LogP contribution is 2.26. The molecule has 1 aromatic heterocycles. The molecular weight excluding hydrogens is 238 g/mol. The van der Waals surface area contributed by atoms with Crippen LogP contribution < -0.4 is 4.74 Å². The number of aromatic nitrogens is 3. The van der Waals surface area contributed by atoms with E-state index in [1.54, 1.807) is 0 Å². The van der Waals surface area contributed by atoms with Gasteiger partial charge in [-0.15, -0.1) is 10.2 Å². The summed E-state index contributed by atoms with van der Waals surface area (Å²) in [7, 11) is 0. The van der Waals surface area contributed by atoms with Crippen LogP contribution in [-0.4, -0.2) is 21.4 Å². The van der Waals surface area contributed by atoms with Crippen molar-refractivity contribution >= 4 is 11.6 Å². The number of rotatable bonds is 4. The number of para-hydroxylation sites is 2. The Morgan fingerprint density at radius 1 is 1.24 bits per heavy atom. The molecule has 0 saturated carbocycles. The third-order valence-electron chi connectivity index (χ3n) is 2.41. The summed E-state index contributed by atoms with van der Waals surface area (Å²) in [4.78, 5) is 0. The summed E-state index contributed by atoms with van der Waals surface area (Å²) < 4.78 is 7.39. The molecule has 0 fully saturated rings. The van der Waals surface area contributed by atoms with Gasteiger partial charge in [-0.2, -0.15) is 0 Å². The summed E-state index contributed by atoms with van der Waals surface area (Å²) in [6, 6.07) is 7.72. The van der Waals surface area contributed by atoms with Crippen molar-refractivity contribution < 1.29 is 4.74 Å². The number of hydrogen-bond donors (Lipinski definition) is 0. The van der Waals surface area contributed by atoms with Gasteiger partial charge in [-0.25, -0.2) is 0 Å². The van der Waals surface area contributed by atoms with E-state index in [0.29, 0.717) is 11.9 Å². The molecule has 0 aliphatic heterocycles. The van der Waals surface area contributed by atoms with Crippen LogP contribution in [0.5, 0.6) is 5.75 Å². The lowest BCUT2D eigenvalue weighted by Gasteiger charge is -2.12. The molecule has 0 radical (unpaired) electrons. The van der Waals surface area contributed by atoms with Crippen molar-refractivity contribution in [2.75, 3.05) is 6.61 Å². The molecular formula is C12H14ClN3O. The molecule has 0 unspecified atom stereocenters. The number of ether oxygens (including phenoxy) is 1. The van der Waals surface area contributed by atoms with Gasteiger partial charge in [0.1, 0.15) is 11.6 Å². The Bertz CT molecular complexity index is 510. The van der Waals surface area contributed by atoms with Crippen LogP contribution in [0.3, 0.4) is 0 Å². The van der Waals surface area contributed by atoms with Crippen molar-refractivity contribution in [3.8, 4) is 11.4 Å². The van der Waals surface area contributed by atoms with Crippen LogP contribution in [0.1, 0.15) is 19.7 Å². The summed E-state index contributed by atoms with van der Waals surface area (Å²) in [5.41, 5.74) is 0.876. The van der Waals surface area contributed by atoms with E-state index >= 15 is 0 Å². The third-order valence-corrected chi connectivity index (χ3v) is 2.66. The monoisotopic (exact) mass is 251 g/mol. The van der Waals surface area contributed by atoms with E-state index < -0.39 is 0 Å². The molecule has 0 bridgehead atoms. The summed E-state index contributed by atoms with van der Waals surface area (Å²) in [5, 5.41) is 8.28. The van der Waals surface area contributed by atoms with Crippen molar-refractivity contribution in [1.82, 2.24) is 14.8 Å². The topological polar surface area (TPSA) is 39.9 Å². The fourth-order valence-corrected chi connectivity index (χ4v) is 1.91. The van der Waals surface area contributed by atoms with Gasteiger partial charge in [-0.05, 0) is 30.7 Å². The smallest absolute Gasteiger partial charge is 0.229 e. The van der Waals surface area contributed by atoms with Gasteiger partial charge in [0.2, 0.25) is 5.28 Å². The molecule has 0 aliphatic carbocycles. The zero-order valence-electron chi connectivity index (χ0n) is 9.85. The number of halogens is 1. The Morgan fingerprint density at radius 3 is 2.71 bits per heavy atom. The summed E-state index contributed by atoms with van der Waals surface area (Å²) in [5.74, 6) is 1.61. The molecule has 0 N–H and O–H groups in total. The lowest BCUT2D eigenvalue weighted by molar-refractivity contribution is 0.339. The maximum absolute atomic E-state index is 6.06. The Labute approximate surface area is 105 Å². The van der Waals surface area contributed by atoms with Crippen LogP contribution in [0, 0.1) is 0 Å². The molecule has 4 nitrogen and oxygen atoms in total. The normalized spacial score (nSPS) is 10.5. The van der Waals surface area contributed by atoms with Crippen LogP contribution in [0.25, 0.3) is 5.69 Å². The first-order valence-corrected chi connectivity index (χ1v) is 5.97. The molecule has 90 valence electrons. The second-order valence-corrected chi connectivity index (χ2v) is 3.81. The number of hydrogen-bond acceptors (Lipinski definition) is 3.